The van der Waals surface area contributed by atoms with E-state index in [1.165, 1.54) is 0 Å². The van der Waals surface area contributed by atoms with E-state index < -0.39 is 0 Å². The number of nitrogens with one attached hydrogen (secondary N) is 2. The number of benzene rings is 1. The van der Waals surface area contributed by atoms with Gasteiger partial charge in [0, 0.05) is 13.1 Å². The molecule has 1 heterocycles. The van der Waals surface area contributed by atoms with Gasteiger partial charge in [0.1, 0.15) is 11.8 Å². The maximum atomic E-state index is 11.6. The molecule has 1 fully saturated rings. The number of hydrogen-bond donors (Lipinski definition) is 2. The largest absolute Gasteiger partial charge is 0.497 e. The molecule has 1 aromatic rings. The van der Waals surface area contributed by atoms with Crippen molar-refractivity contribution in [3.63, 3.8) is 0 Å². The van der Waals surface area contributed by atoms with Crippen molar-refractivity contribution in [2.24, 2.45) is 0 Å². The number of ether oxygens (including phenoxy) is 1. The van der Waals surface area contributed by atoms with Crippen LogP contribution >= 0.6 is 0 Å². The van der Waals surface area contributed by atoms with Gasteiger partial charge in [-0.05, 0) is 17.7 Å². The summed E-state index contributed by atoms with van der Waals surface area (Å²) in [4.78, 5) is 11.6. The molecule has 1 amide bonds. The third-order valence-corrected chi connectivity index (χ3v) is 2.46. The summed E-state index contributed by atoms with van der Waals surface area (Å²) in [6.45, 7) is 1.49. The molecular weight excluding hydrogens is 192 g/mol. The second-order valence-electron chi connectivity index (χ2n) is 3.45. The molecule has 4 heteroatoms. The number of methoxy groups -OCH3 is 1. The average molecular weight is 206 g/mol. The lowest BCUT2D eigenvalue weighted by Gasteiger charge is -2.23. The highest BCUT2D eigenvalue weighted by Crippen LogP contribution is 2.20. The molecule has 0 aliphatic carbocycles. The van der Waals surface area contributed by atoms with Crippen molar-refractivity contribution in [2.45, 2.75) is 6.04 Å². The summed E-state index contributed by atoms with van der Waals surface area (Å²) < 4.78 is 5.12. The topological polar surface area (TPSA) is 50.4 Å². The summed E-state index contributed by atoms with van der Waals surface area (Å²) in [5, 5.41) is 5.99. The van der Waals surface area contributed by atoms with Crippen LogP contribution in [0.2, 0.25) is 0 Å². The average Bonchev–Trinajstić information content (AvgIpc) is 2.30. The zero-order valence-electron chi connectivity index (χ0n) is 8.62. The predicted octanol–water partition coefficient (Wildman–Crippen LogP) is 0.456. The highest BCUT2D eigenvalue weighted by atomic mass is 16.5. The van der Waals surface area contributed by atoms with Crippen molar-refractivity contribution < 1.29 is 9.53 Å². The van der Waals surface area contributed by atoms with Crippen LogP contribution in [0.4, 0.5) is 0 Å². The minimum Gasteiger partial charge on any atom is -0.497 e. The van der Waals surface area contributed by atoms with E-state index in [-0.39, 0.29) is 11.9 Å². The Morgan fingerprint density at radius 1 is 1.40 bits per heavy atom. The van der Waals surface area contributed by atoms with Gasteiger partial charge in [-0.2, -0.15) is 0 Å². The van der Waals surface area contributed by atoms with Crippen LogP contribution in [0.5, 0.6) is 5.75 Å². The second-order valence-corrected chi connectivity index (χ2v) is 3.45. The third-order valence-electron chi connectivity index (χ3n) is 2.46. The van der Waals surface area contributed by atoms with Crippen molar-refractivity contribution in [2.75, 3.05) is 20.2 Å². The van der Waals surface area contributed by atoms with Gasteiger partial charge in [-0.25, -0.2) is 0 Å². The molecule has 1 aromatic carbocycles. The summed E-state index contributed by atoms with van der Waals surface area (Å²) in [6, 6.07) is 7.30. The molecule has 2 rings (SSSR count). The number of amides is 1. The Kier molecular flexibility index (Phi) is 2.87. The highest BCUT2D eigenvalue weighted by molar-refractivity contribution is 5.84. The minimum absolute atomic E-state index is 0.0227. The lowest BCUT2D eigenvalue weighted by atomic mass is 10.0. The Morgan fingerprint density at radius 3 is 3.00 bits per heavy atom. The van der Waals surface area contributed by atoms with Gasteiger partial charge in [0.2, 0.25) is 5.91 Å². The molecule has 1 aliphatic heterocycles. The SMILES string of the molecule is COc1cccc(C2NCCNC2=O)c1. The van der Waals surface area contributed by atoms with Gasteiger partial charge < -0.3 is 15.4 Å². The molecule has 15 heavy (non-hydrogen) atoms. The van der Waals surface area contributed by atoms with E-state index >= 15 is 0 Å². The van der Waals surface area contributed by atoms with E-state index in [4.69, 9.17) is 4.74 Å². The van der Waals surface area contributed by atoms with E-state index in [2.05, 4.69) is 10.6 Å². The number of piperazine rings is 1. The van der Waals surface area contributed by atoms with Crippen molar-refractivity contribution >= 4 is 5.91 Å². The Labute approximate surface area is 88.6 Å². The van der Waals surface area contributed by atoms with Crippen LogP contribution in [0.1, 0.15) is 11.6 Å². The summed E-state index contributed by atoms with van der Waals surface area (Å²) in [5.41, 5.74) is 0.937. The maximum Gasteiger partial charge on any atom is 0.241 e. The molecule has 80 valence electrons. The Hall–Kier alpha value is -1.55. The predicted molar refractivity (Wildman–Crippen MR) is 56.7 cm³/mol. The molecule has 1 aliphatic rings. The molecule has 2 N–H and O–H groups in total. The number of carbonyl (C=O) groups excluding carboxylic acids is 1. The summed E-state index contributed by atoms with van der Waals surface area (Å²) in [7, 11) is 1.62. The number of rotatable bonds is 2. The second kappa shape index (κ2) is 4.31. The van der Waals surface area contributed by atoms with Crippen LogP contribution in [0.3, 0.4) is 0 Å². The molecule has 0 spiro atoms. The minimum atomic E-state index is -0.256. The Bertz CT molecular complexity index is 365. The molecule has 0 saturated carbocycles. The van der Waals surface area contributed by atoms with Crippen LogP contribution in [0.15, 0.2) is 24.3 Å². The molecule has 0 aromatic heterocycles. The normalized spacial score (nSPS) is 20.9. The van der Waals surface area contributed by atoms with E-state index in [0.717, 1.165) is 17.9 Å². The fourth-order valence-electron chi connectivity index (χ4n) is 1.69. The lowest BCUT2D eigenvalue weighted by molar-refractivity contribution is -0.124. The van der Waals surface area contributed by atoms with Crippen LogP contribution in [-0.4, -0.2) is 26.1 Å². The molecule has 1 atom stereocenters. The Morgan fingerprint density at radius 2 is 2.27 bits per heavy atom. The van der Waals surface area contributed by atoms with E-state index in [1.807, 2.05) is 24.3 Å². The summed E-state index contributed by atoms with van der Waals surface area (Å²) in [5.74, 6) is 0.794. The van der Waals surface area contributed by atoms with Crippen LogP contribution in [0.25, 0.3) is 0 Å². The molecule has 1 saturated heterocycles. The molecule has 4 nitrogen and oxygen atoms in total. The van der Waals surface area contributed by atoms with Crippen LogP contribution < -0.4 is 15.4 Å². The van der Waals surface area contributed by atoms with E-state index in [1.54, 1.807) is 7.11 Å². The zero-order valence-corrected chi connectivity index (χ0v) is 8.62. The van der Waals surface area contributed by atoms with Gasteiger partial charge in [-0.15, -0.1) is 0 Å². The Balaban J connectivity index is 2.23. The van der Waals surface area contributed by atoms with Gasteiger partial charge >= 0.3 is 0 Å². The first kappa shape index (κ1) is 9.98. The molecule has 0 radical (unpaired) electrons. The number of hydrogen-bond acceptors (Lipinski definition) is 3. The maximum absolute atomic E-state index is 11.6. The molecular formula is C11H14N2O2. The van der Waals surface area contributed by atoms with Crippen molar-refractivity contribution in [1.82, 2.24) is 10.6 Å². The lowest BCUT2D eigenvalue weighted by Crippen LogP contribution is -2.47. The quantitative estimate of drug-likeness (QED) is 0.739. The summed E-state index contributed by atoms with van der Waals surface area (Å²) in [6.07, 6.45) is 0. The van der Waals surface area contributed by atoms with Gasteiger partial charge in [0.05, 0.1) is 7.11 Å². The molecule has 0 bridgehead atoms. The smallest absolute Gasteiger partial charge is 0.241 e. The standard InChI is InChI=1S/C11H14N2O2/c1-15-9-4-2-3-8(7-9)10-11(14)13-6-5-12-10/h2-4,7,10,12H,5-6H2,1H3,(H,13,14). The zero-order chi connectivity index (χ0) is 10.7. The van der Waals surface area contributed by atoms with Gasteiger partial charge in [0.15, 0.2) is 0 Å². The number of carbonyl (C=O) groups is 1. The van der Waals surface area contributed by atoms with Gasteiger partial charge in [-0.1, -0.05) is 12.1 Å². The molecule has 1 unspecified atom stereocenters. The van der Waals surface area contributed by atoms with E-state index in [0.29, 0.717) is 6.54 Å². The monoisotopic (exact) mass is 206 g/mol. The first-order chi connectivity index (χ1) is 7.31. The fraction of sp³-hybridized carbons (Fsp3) is 0.364. The van der Waals surface area contributed by atoms with Gasteiger partial charge in [0.25, 0.3) is 0 Å². The van der Waals surface area contributed by atoms with Gasteiger partial charge in [-0.3, -0.25) is 4.79 Å². The first-order valence-corrected chi connectivity index (χ1v) is 4.96. The summed E-state index contributed by atoms with van der Waals surface area (Å²) >= 11 is 0. The van der Waals surface area contributed by atoms with Crippen LogP contribution in [0, 0.1) is 0 Å². The first-order valence-electron chi connectivity index (χ1n) is 4.96. The third kappa shape index (κ3) is 2.10. The van der Waals surface area contributed by atoms with Crippen molar-refractivity contribution in [1.29, 1.82) is 0 Å². The van der Waals surface area contributed by atoms with E-state index in [9.17, 15) is 4.79 Å². The highest BCUT2D eigenvalue weighted by Gasteiger charge is 2.23. The fourth-order valence-corrected chi connectivity index (χ4v) is 1.69. The van der Waals surface area contributed by atoms with Crippen LogP contribution in [-0.2, 0) is 4.79 Å². The van der Waals surface area contributed by atoms with Crippen molar-refractivity contribution in [3.05, 3.63) is 29.8 Å². The van der Waals surface area contributed by atoms with Crippen molar-refractivity contribution in [3.8, 4) is 5.75 Å².